The van der Waals surface area contributed by atoms with Crippen LogP contribution in [-0.2, 0) is 11.3 Å². The molecule has 0 aliphatic heterocycles. The van der Waals surface area contributed by atoms with Gasteiger partial charge in [0.05, 0.1) is 12.2 Å². The van der Waals surface area contributed by atoms with Gasteiger partial charge in [0.15, 0.2) is 0 Å². The lowest BCUT2D eigenvalue weighted by Gasteiger charge is -2.25. The summed E-state index contributed by atoms with van der Waals surface area (Å²) < 4.78 is 0. The number of aliphatic hydroxyl groups is 2. The Labute approximate surface area is 198 Å². The molecule has 33 heavy (non-hydrogen) atoms. The van der Waals surface area contributed by atoms with E-state index in [1.54, 1.807) is 12.4 Å². The maximum atomic E-state index is 12.1. The van der Waals surface area contributed by atoms with Gasteiger partial charge in [0, 0.05) is 31.3 Å². The summed E-state index contributed by atoms with van der Waals surface area (Å²) in [4.78, 5) is 16.1. The molecule has 1 heterocycles. The number of pyridine rings is 1. The molecular weight excluding hydrogens is 412 g/mol. The van der Waals surface area contributed by atoms with Crippen LogP contribution in [0.2, 0.25) is 0 Å². The second-order valence-electron chi connectivity index (χ2n) is 10.4. The molecule has 2 fully saturated rings. The van der Waals surface area contributed by atoms with Gasteiger partial charge in [0.25, 0.3) is 0 Å². The van der Waals surface area contributed by atoms with E-state index in [1.807, 2.05) is 18.2 Å². The van der Waals surface area contributed by atoms with Gasteiger partial charge in [-0.3, -0.25) is 9.78 Å². The number of carbonyl (C=O) groups is 1. The minimum atomic E-state index is -0.366. The number of fused-ring (bicyclic) bond motifs is 1. The van der Waals surface area contributed by atoms with Gasteiger partial charge in [0.1, 0.15) is 0 Å². The first-order valence-electron chi connectivity index (χ1n) is 13.0. The summed E-state index contributed by atoms with van der Waals surface area (Å²) in [7, 11) is 0. The summed E-state index contributed by atoms with van der Waals surface area (Å²) in [6.07, 6.45) is 20.7. The Morgan fingerprint density at radius 2 is 1.97 bits per heavy atom. The zero-order valence-corrected chi connectivity index (χ0v) is 19.7. The lowest BCUT2D eigenvalue weighted by atomic mass is 9.83. The first-order valence-corrected chi connectivity index (χ1v) is 13.0. The highest BCUT2D eigenvalue weighted by atomic mass is 16.3. The van der Waals surface area contributed by atoms with Crippen LogP contribution in [0.1, 0.15) is 76.2 Å². The lowest BCUT2D eigenvalue weighted by molar-refractivity contribution is -0.121. The van der Waals surface area contributed by atoms with Gasteiger partial charge in [-0.15, -0.1) is 0 Å². The molecule has 0 unspecified atom stereocenters. The average molecular weight is 453 g/mol. The molecule has 0 radical (unpaired) electrons. The number of unbranched alkanes of at least 4 members (excludes halogenated alkanes) is 1. The van der Waals surface area contributed by atoms with Crippen LogP contribution < -0.4 is 5.32 Å². The van der Waals surface area contributed by atoms with E-state index in [2.05, 4.69) is 22.5 Å². The molecule has 0 bridgehead atoms. The molecule has 0 saturated heterocycles. The van der Waals surface area contributed by atoms with E-state index in [-0.39, 0.29) is 24.0 Å². The quantitative estimate of drug-likeness (QED) is 0.355. The van der Waals surface area contributed by atoms with Crippen LogP contribution in [0.5, 0.6) is 0 Å². The second kappa shape index (κ2) is 11.9. The Morgan fingerprint density at radius 1 is 1.18 bits per heavy atom. The monoisotopic (exact) mass is 452 g/mol. The summed E-state index contributed by atoms with van der Waals surface area (Å²) in [5.41, 5.74) is 2.55. The highest BCUT2D eigenvalue weighted by Crippen LogP contribution is 2.48. The number of allylic oxidation sites excluding steroid dienone is 2. The summed E-state index contributed by atoms with van der Waals surface area (Å²) >= 11 is 0. The Hall–Kier alpha value is -1.98. The maximum absolute atomic E-state index is 12.1. The number of aromatic nitrogens is 1. The number of hydrogen-bond acceptors (Lipinski definition) is 4. The molecule has 3 aliphatic carbocycles. The SMILES string of the molecule is O=C(CCCCC1=C[C@H]2C[C@@H](O)[C@H](/C=C/[C@@H](O)C3CCCCC3)[C@H]2C1)NCc1ccncc1. The number of aliphatic hydroxyl groups excluding tert-OH is 2. The van der Waals surface area contributed by atoms with Crippen LogP contribution in [0, 0.1) is 23.7 Å². The third kappa shape index (κ3) is 6.77. The molecule has 5 nitrogen and oxygen atoms in total. The number of carbonyl (C=O) groups excluding carboxylic acids is 1. The molecule has 1 aromatic rings. The van der Waals surface area contributed by atoms with E-state index in [9.17, 15) is 15.0 Å². The van der Waals surface area contributed by atoms with Crippen LogP contribution in [0.4, 0.5) is 0 Å². The van der Waals surface area contributed by atoms with Crippen molar-refractivity contribution in [2.24, 2.45) is 23.7 Å². The van der Waals surface area contributed by atoms with Crippen molar-refractivity contribution < 1.29 is 15.0 Å². The summed E-state index contributed by atoms with van der Waals surface area (Å²) in [5.74, 6) is 1.58. The fraction of sp³-hybridized carbons (Fsp3) is 0.643. The van der Waals surface area contributed by atoms with Crippen LogP contribution in [0.25, 0.3) is 0 Å². The molecule has 5 atom stereocenters. The molecule has 180 valence electrons. The van der Waals surface area contributed by atoms with Crippen molar-refractivity contribution in [3.8, 4) is 0 Å². The predicted octanol–water partition coefficient (Wildman–Crippen LogP) is 4.70. The van der Waals surface area contributed by atoms with Gasteiger partial charge >= 0.3 is 0 Å². The van der Waals surface area contributed by atoms with E-state index < -0.39 is 0 Å². The van der Waals surface area contributed by atoms with E-state index in [0.717, 1.165) is 50.5 Å². The smallest absolute Gasteiger partial charge is 0.220 e. The van der Waals surface area contributed by atoms with Gasteiger partial charge < -0.3 is 15.5 Å². The van der Waals surface area contributed by atoms with E-state index in [0.29, 0.717) is 30.7 Å². The lowest BCUT2D eigenvalue weighted by Crippen LogP contribution is -2.22. The number of nitrogens with one attached hydrogen (secondary N) is 1. The van der Waals surface area contributed by atoms with Crippen LogP contribution in [-0.4, -0.2) is 33.3 Å². The number of rotatable bonds is 10. The summed E-state index contributed by atoms with van der Waals surface area (Å²) in [5, 5.41) is 24.2. The fourth-order valence-electron chi connectivity index (χ4n) is 6.09. The van der Waals surface area contributed by atoms with E-state index >= 15 is 0 Å². The molecule has 3 aliphatic rings. The van der Waals surface area contributed by atoms with Gasteiger partial charge in [-0.2, -0.15) is 0 Å². The Balaban J connectivity index is 1.16. The minimum Gasteiger partial charge on any atom is -0.392 e. The van der Waals surface area contributed by atoms with Crippen LogP contribution in [0.3, 0.4) is 0 Å². The third-order valence-corrected chi connectivity index (χ3v) is 8.00. The third-order valence-electron chi connectivity index (χ3n) is 8.00. The number of hydrogen-bond donors (Lipinski definition) is 3. The van der Waals surface area contributed by atoms with Gasteiger partial charge in [-0.1, -0.05) is 43.1 Å². The molecule has 3 N–H and O–H groups in total. The molecule has 0 spiro atoms. The molecular formula is C28H40N2O3. The highest BCUT2D eigenvalue weighted by Gasteiger charge is 2.43. The normalized spacial score (nSPS) is 28.6. The highest BCUT2D eigenvalue weighted by molar-refractivity contribution is 5.75. The van der Waals surface area contributed by atoms with Crippen molar-refractivity contribution in [3.63, 3.8) is 0 Å². The average Bonchev–Trinajstić information content (AvgIpc) is 3.36. The molecule has 5 heteroatoms. The molecule has 2 saturated carbocycles. The Morgan fingerprint density at radius 3 is 2.76 bits per heavy atom. The molecule has 0 aromatic carbocycles. The Bertz CT molecular complexity index is 816. The molecule has 4 rings (SSSR count). The van der Waals surface area contributed by atoms with Crippen molar-refractivity contribution in [2.45, 2.75) is 89.4 Å². The molecule has 1 aromatic heterocycles. The van der Waals surface area contributed by atoms with Crippen molar-refractivity contribution >= 4 is 5.91 Å². The Kier molecular flexibility index (Phi) is 8.74. The maximum Gasteiger partial charge on any atom is 0.220 e. The van der Waals surface area contributed by atoms with Crippen molar-refractivity contribution in [3.05, 3.63) is 53.9 Å². The number of nitrogens with zero attached hydrogens (tertiary/aromatic N) is 1. The van der Waals surface area contributed by atoms with E-state index in [1.165, 1.54) is 24.8 Å². The van der Waals surface area contributed by atoms with Crippen LogP contribution >= 0.6 is 0 Å². The fourth-order valence-corrected chi connectivity index (χ4v) is 6.09. The van der Waals surface area contributed by atoms with Crippen molar-refractivity contribution in [1.29, 1.82) is 0 Å². The zero-order chi connectivity index (χ0) is 23.0. The van der Waals surface area contributed by atoms with Crippen LogP contribution in [0.15, 0.2) is 48.3 Å². The standard InChI is InChI=1S/C28H40N2O3/c31-26(22-7-2-1-3-8-22)11-10-24-25-17-21(16-23(25)18-27(24)32)6-4-5-9-28(33)30-19-20-12-14-29-15-13-20/h10-16,22-27,31-32H,1-9,17-19H2,(H,30,33)/b11-10+/t23-,24+,25-,26+,27+/m0/s1. The minimum absolute atomic E-state index is 0.105. The number of amides is 1. The van der Waals surface area contributed by atoms with Crippen molar-refractivity contribution in [1.82, 2.24) is 10.3 Å². The zero-order valence-electron chi connectivity index (χ0n) is 19.7. The summed E-state index contributed by atoms with van der Waals surface area (Å²) in [6, 6.07) is 3.83. The molecule has 1 amide bonds. The van der Waals surface area contributed by atoms with Gasteiger partial charge in [-0.25, -0.2) is 0 Å². The first kappa shape index (κ1) is 24.2. The van der Waals surface area contributed by atoms with Crippen molar-refractivity contribution in [2.75, 3.05) is 0 Å². The van der Waals surface area contributed by atoms with Gasteiger partial charge in [-0.05, 0) is 80.4 Å². The largest absolute Gasteiger partial charge is 0.392 e. The first-order chi connectivity index (χ1) is 16.1. The predicted molar refractivity (Wildman–Crippen MR) is 130 cm³/mol. The van der Waals surface area contributed by atoms with Gasteiger partial charge in [0.2, 0.25) is 5.91 Å². The second-order valence-corrected chi connectivity index (χ2v) is 10.4. The van der Waals surface area contributed by atoms with E-state index in [4.69, 9.17) is 0 Å². The summed E-state index contributed by atoms with van der Waals surface area (Å²) in [6.45, 7) is 0.558. The topological polar surface area (TPSA) is 82.5 Å².